The molecule has 2 heterocycles. The van der Waals surface area contributed by atoms with E-state index in [2.05, 4.69) is 22.1 Å². The van der Waals surface area contributed by atoms with Crippen LogP contribution in [0.3, 0.4) is 0 Å². The lowest BCUT2D eigenvalue weighted by molar-refractivity contribution is 0.103. The summed E-state index contributed by atoms with van der Waals surface area (Å²) in [7, 11) is 0. The van der Waals surface area contributed by atoms with Gasteiger partial charge >= 0.3 is 0 Å². The maximum absolute atomic E-state index is 12.0. The number of thiophene rings is 1. The highest BCUT2D eigenvalue weighted by atomic mass is 32.1. The number of amides is 1. The summed E-state index contributed by atoms with van der Waals surface area (Å²) in [5, 5.41) is 11.4. The predicted molar refractivity (Wildman–Crippen MR) is 75.2 cm³/mol. The van der Waals surface area contributed by atoms with Gasteiger partial charge in [0.15, 0.2) is 0 Å². The van der Waals surface area contributed by atoms with Gasteiger partial charge in [-0.1, -0.05) is 11.8 Å². The van der Waals surface area contributed by atoms with Crippen molar-refractivity contribution in [2.45, 2.75) is 6.92 Å². The van der Waals surface area contributed by atoms with Crippen LogP contribution < -0.4 is 5.32 Å². The second kappa shape index (κ2) is 6.14. The van der Waals surface area contributed by atoms with E-state index in [1.807, 2.05) is 13.0 Å². The van der Waals surface area contributed by atoms with Crippen LogP contribution >= 0.6 is 11.3 Å². The molecule has 0 aliphatic carbocycles. The highest BCUT2D eigenvalue weighted by Crippen LogP contribution is 2.17. The van der Waals surface area contributed by atoms with Crippen LogP contribution in [0.5, 0.6) is 0 Å². The zero-order chi connectivity index (χ0) is 13.7. The lowest BCUT2D eigenvalue weighted by Crippen LogP contribution is -2.10. The topological polar surface area (TPSA) is 62.2 Å². The summed E-state index contributed by atoms with van der Waals surface area (Å²) < 4.78 is 0. The number of aromatic nitrogens is 1. The number of rotatable bonds is 2. The zero-order valence-corrected chi connectivity index (χ0v) is 11.1. The van der Waals surface area contributed by atoms with Crippen molar-refractivity contribution in [2.75, 3.05) is 11.9 Å². The Hall–Kier alpha value is -2.16. The number of hydrogen-bond donors (Lipinski definition) is 2. The van der Waals surface area contributed by atoms with Crippen LogP contribution in [-0.4, -0.2) is 22.6 Å². The van der Waals surface area contributed by atoms with Crippen LogP contribution in [0.15, 0.2) is 30.5 Å². The molecule has 2 rings (SSSR count). The van der Waals surface area contributed by atoms with Gasteiger partial charge < -0.3 is 10.4 Å². The Bertz CT molecular complexity index is 635. The average Bonchev–Trinajstić information content (AvgIpc) is 2.88. The molecule has 96 valence electrons. The van der Waals surface area contributed by atoms with Crippen LogP contribution in [-0.2, 0) is 0 Å². The van der Waals surface area contributed by atoms with Crippen LogP contribution in [0.25, 0.3) is 0 Å². The first-order valence-electron chi connectivity index (χ1n) is 5.62. The van der Waals surface area contributed by atoms with Gasteiger partial charge in [0, 0.05) is 5.69 Å². The number of pyridine rings is 1. The molecule has 1 amide bonds. The van der Waals surface area contributed by atoms with Gasteiger partial charge in [-0.2, -0.15) is 0 Å². The maximum atomic E-state index is 12.0. The summed E-state index contributed by atoms with van der Waals surface area (Å²) >= 11 is 1.29. The summed E-state index contributed by atoms with van der Waals surface area (Å²) in [5.74, 6) is 5.13. The SMILES string of the molecule is Cc1ccc(NC(=O)c2ccc(C#CCO)s2)cn1. The molecule has 0 aliphatic rings. The molecule has 2 aromatic heterocycles. The van der Waals surface area contributed by atoms with E-state index in [4.69, 9.17) is 5.11 Å². The number of hydrogen-bond acceptors (Lipinski definition) is 4. The molecule has 0 unspecified atom stereocenters. The molecule has 0 atom stereocenters. The average molecular weight is 272 g/mol. The predicted octanol–water partition coefficient (Wildman–Crippen LogP) is 2.05. The van der Waals surface area contributed by atoms with Crippen molar-refractivity contribution >= 4 is 22.9 Å². The second-order valence-electron chi connectivity index (χ2n) is 3.77. The molecule has 0 radical (unpaired) electrons. The summed E-state index contributed by atoms with van der Waals surface area (Å²) in [4.78, 5) is 17.4. The standard InChI is InChI=1S/C14H12N2O2S/c1-10-4-5-11(9-15-10)16-14(18)13-7-6-12(19-13)3-2-8-17/h4-7,9,17H,8H2,1H3,(H,16,18). The third kappa shape index (κ3) is 3.65. The number of aliphatic hydroxyl groups is 1. The molecule has 0 aromatic carbocycles. The fraction of sp³-hybridized carbons (Fsp3) is 0.143. The summed E-state index contributed by atoms with van der Waals surface area (Å²) in [6.45, 7) is 1.70. The number of carbonyl (C=O) groups is 1. The largest absolute Gasteiger partial charge is 0.384 e. The fourth-order valence-electron chi connectivity index (χ4n) is 1.39. The Morgan fingerprint density at radius 1 is 1.42 bits per heavy atom. The second-order valence-corrected chi connectivity index (χ2v) is 4.85. The van der Waals surface area contributed by atoms with Crippen molar-refractivity contribution in [3.63, 3.8) is 0 Å². The Kier molecular flexibility index (Phi) is 4.29. The van der Waals surface area contributed by atoms with E-state index in [1.54, 1.807) is 24.4 Å². The van der Waals surface area contributed by atoms with Gasteiger partial charge in [-0.3, -0.25) is 9.78 Å². The third-order valence-electron chi connectivity index (χ3n) is 2.29. The van der Waals surface area contributed by atoms with Crippen LogP contribution in [0.4, 0.5) is 5.69 Å². The molecule has 5 heteroatoms. The van der Waals surface area contributed by atoms with Crippen LogP contribution in [0, 0.1) is 18.8 Å². The van der Waals surface area contributed by atoms with Gasteiger partial charge in [0.25, 0.3) is 5.91 Å². The molecular formula is C14H12N2O2S. The summed E-state index contributed by atoms with van der Waals surface area (Å²) in [6, 6.07) is 7.11. The van der Waals surface area contributed by atoms with E-state index in [1.165, 1.54) is 11.3 Å². The van der Waals surface area contributed by atoms with Crippen molar-refractivity contribution in [3.05, 3.63) is 45.9 Å². The highest BCUT2D eigenvalue weighted by Gasteiger charge is 2.08. The third-order valence-corrected chi connectivity index (χ3v) is 3.29. The molecule has 0 saturated carbocycles. The number of nitrogens with one attached hydrogen (secondary N) is 1. The Labute approximate surface area is 115 Å². The van der Waals surface area contributed by atoms with Crippen molar-refractivity contribution < 1.29 is 9.90 Å². The minimum atomic E-state index is -0.187. The van der Waals surface area contributed by atoms with E-state index in [9.17, 15) is 4.79 Å². The molecule has 0 bridgehead atoms. The van der Waals surface area contributed by atoms with Crippen molar-refractivity contribution in [1.29, 1.82) is 0 Å². The van der Waals surface area contributed by atoms with Crippen molar-refractivity contribution in [1.82, 2.24) is 4.98 Å². The summed E-state index contributed by atoms with van der Waals surface area (Å²) in [6.07, 6.45) is 1.62. The van der Waals surface area contributed by atoms with E-state index >= 15 is 0 Å². The zero-order valence-electron chi connectivity index (χ0n) is 10.3. The van der Waals surface area contributed by atoms with Gasteiger partial charge in [-0.25, -0.2) is 0 Å². The van der Waals surface area contributed by atoms with E-state index in [0.29, 0.717) is 10.6 Å². The summed E-state index contributed by atoms with van der Waals surface area (Å²) in [5.41, 5.74) is 1.56. The van der Waals surface area contributed by atoms with Gasteiger partial charge in [0.2, 0.25) is 0 Å². The van der Waals surface area contributed by atoms with Gasteiger partial charge in [-0.05, 0) is 31.2 Å². The normalized spacial score (nSPS) is 9.58. The van der Waals surface area contributed by atoms with Crippen molar-refractivity contribution in [2.24, 2.45) is 0 Å². The lowest BCUT2D eigenvalue weighted by Gasteiger charge is -2.02. The molecule has 0 aliphatic heterocycles. The molecule has 0 fully saturated rings. The first-order chi connectivity index (χ1) is 9.19. The smallest absolute Gasteiger partial charge is 0.265 e. The first-order valence-corrected chi connectivity index (χ1v) is 6.44. The Morgan fingerprint density at radius 2 is 2.26 bits per heavy atom. The number of carbonyl (C=O) groups excluding carboxylic acids is 1. The van der Waals surface area contributed by atoms with Crippen molar-refractivity contribution in [3.8, 4) is 11.8 Å². The van der Waals surface area contributed by atoms with Crippen LogP contribution in [0.1, 0.15) is 20.2 Å². The van der Waals surface area contributed by atoms with Gasteiger partial charge in [0.1, 0.15) is 6.61 Å². The molecule has 0 spiro atoms. The van der Waals surface area contributed by atoms with E-state index in [-0.39, 0.29) is 12.5 Å². The maximum Gasteiger partial charge on any atom is 0.265 e. The van der Waals surface area contributed by atoms with E-state index in [0.717, 1.165) is 10.6 Å². The van der Waals surface area contributed by atoms with Crippen LogP contribution in [0.2, 0.25) is 0 Å². The minimum Gasteiger partial charge on any atom is -0.384 e. The number of aliphatic hydroxyl groups excluding tert-OH is 1. The highest BCUT2D eigenvalue weighted by molar-refractivity contribution is 7.14. The monoisotopic (exact) mass is 272 g/mol. The van der Waals surface area contributed by atoms with E-state index < -0.39 is 0 Å². The Balaban J connectivity index is 2.07. The first kappa shape index (κ1) is 13.3. The molecule has 2 N–H and O–H groups in total. The lowest BCUT2D eigenvalue weighted by atomic mass is 10.3. The molecule has 2 aromatic rings. The molecular weight excluding hydrogens is 260 g/mol. The quantitative estimate of drug-likeness (QED) is 0.822. The minimum absolute atomic E-state index is 0.186. The number of anilines is 1. The Morgan fingerprint density at radius 3 is 2.95 bits per heavy atom. The molecule has 0 saturated heterocycles. The number of nitrogens with zero attached hydrogens (tertiary/aromatic N) is 1. The number of aryl methyl sites for hydroxylation is 1. The fourth-order valence-corrected chi connectivity index (χ4v) is 2.16. The molecule has 19 heavy (non-hydrogen) atoms. The van der Waals surface area contributed by atoms with Gasteiger partial charge in [0.05, 0.1) is 21.6 Å². The van der Waals surface area contributed by atoms with Gasteiger partial charge in [-0.15, -0.1) is 11.3 Å². The molecule has 4 nitrogen and oxygen atoms in total.